The number of halogens is 1. The zero-order valence-corrected chi connectivity index (χ0v) is 18.7. The Hall–Kier alpha value is -1.70. The summed E-state index contributed by atoms with van der Waals surface area (Å²) in [4.78, 5) is 13.8. The molecule has 1 amide bonds. The quantitative estimate of drug-likeness (QED) is 0.354. The standard InChI is InChI=1S/C21H25BrNO4S/c1-15(2)23(17-8-6-9-18(14-17)27-13-7-12-22)21(24)16(3)19-10-4-5-11-20(19)28(23,25)26/h4-6,8-11,14-16H,7,12-13H2,1-3H3/q+1. The van der Waals surface area contributed by atoms with Crippen LogP contribution in [0.1, 0.15) is 38.7 Å². The Morgan fingerprint density at radius 1 is 1.14 bits per heavy atom. The molecule has 1 heterocycles. The molecule has 2 unspecified atom stereocenters. The second-order valence-corrected chi connectivity index (χ2v) is 9.97. The molecule has 0 aromatic heterocycles. The van der Waals surface area contributed by atoms with Crippen molar-refractivity contribution in [1.82, 2.24) is 3.89 Å². The molecule has 1 aliphatic heterocycles. The van der Waals surface area contributed by atoms with Gasteiger partial charge in [-0.15, -0.1) is 3.89 Å². The second kappa shape index (κ2) is 7.97. The summed E-state index contributed by atoms with van der Waals surface area (Å²) in [5.41, 5.74) is 0.976. The number of alkyl halides is 1. The lowest BCUT2D eigenvalue weighted by Crippen LogP contribution is -2.65. The van der Waals surface area contributed by atoms with Crippen LogP contribution in [0.5, 0.6) is 5.75 Å². The summed E-state index contributed by atoms with van der Waals surface area (Å²) in [6, 6.07) is 13.2. The number of hydrogen-bond acceptors (Lipinski definition) is 4. The van der Waals surface area contributed by atoms with Crippen LogP contribution >= 0.6 is 15.9 Å². The summed E-state index contributed by atoms with van der Waals surface area (Å²) in [6.07, 6.45) is 0.829. The van der Waals surface area contributed by atoms with Crippen molar-refractivity contribution in [2.24, 2.45) is 0 Å². The van der Waals surface area contributed by atoms with E-state index in [0.29, 0.717) is 23.6 Å². The first-order valence-corrected chi connectivity index (χ1v) is 11.9. The minimum absolute atomic E-state index is 0.224. The third kappa shape index (κ3) is 3.09. The fraction of sp³-hybridized carbons (Fsp3) is 0.381. The molecule has 0 radical (unpaired) electrons. The van der Waals surface area contributed by atoms with E-state index in [1.165, 1.54) is 0 Å². The maximum Gasteiger partial charge on any atom is 0.341 e. The molecule has 5 nitrogen and oxygen atoms in total. The van der Waals surface area contributed by atoms with E-state index < -0.39 is 25.9 Å². The predicted octanol–water partition coefficient (Wildman–Crippen LogP) is 4.60. The van der Waals surface area contributed by atoms with E-state index in [1.807, 2.05) is 0 Å². The Labute approximate surface area is 175 Å². The summed E-state index contributed by atoms with van der Waals surface area (Å²) in [7, 11) is -4.00. The van der Waals surface area contributed by atoms with Gasteiger partial charge in [0.25, 0.3) is 0 Å². The van der Waals surface area contributed by atoms with Crippen LogP contribution in [0.15, 0.2) is 53.4 Å². The number of fused-ring (bicyclic) bond motifs is 1. The lowest BCUT2D eigenvalue weighted by atomic mass is 9.98. The van der Waals surface area contributed by atoms with E-state index in [0.717, 1.165) is 11.8 Å². The van der Waals surface area contributed by atoms with Gasteiger partial charge in [-0.3, -0.25) is 0 Å². The highest BCUT2D eigenvalue weighted by Crippen LogP contribution is 2.45. The Bertz CT molecular complexity index is 989. The number of amides is 1. The summed E-state index contributed by atoms with van der Waals surface area (Å²) < 4.78 is 32.6. The fourth-order valence-corrected chi connectivity index (χ4v) is 6.56. The molecule has 3 rings (SSSR count). The lowest BCUT2D eigenvalue weighted by Gasteiger charge is -2.42. The van der Waals surface area contributed by atoms with Crippen LogP contribution in [0.25, 0.3) is 0 Å². The van der Waals surface area contributed by atoms with Gasteiger partial charge in [-0.1, -0.05) is 40.2 Å². The van der Waals surface area contributed by atoms with Gasteiger partial charge in [0.05, 0.1) is 12.5 Å². The van der Waals surface area contributed by atoms with Crippen molar-refractivity contribution < 1.29 is 17.9 Å². The first-order chi connectivity index (χ1) is 13.3. The van der Waals surface area contributed by atoms with Crippen LogP contribution in [0.3, 0.4) is 0 Å². The van der Waals surface area contributed by atoms with Crippen LogP contribution in [0.2, 0.25) is 0 Å². The number of carbonyl (C=O) groups excluding carboxylic acids is 1. The molecule has 7 heteroatoms. The Balaban J connectivity index is 2.23. The number of rotatable bonds is 6. The van der Waals surface area contributed by atoms with Gasteiger partial charge in [0.1, 0.15) is 16.7 Å². The summed E-state index contributed by atoms with van der Waals surface area (Å²) in [6.45, 7) is 5.83. The number of ether oxygens (including phenoxy) is 1. The fourth-order valence-electron chi connectivity index (χ4n) is 3.89. The van der Waals surface area contributed by atoms with Crippen LogP contribution < -0.4 is 8.63 Å². The van der Waals surface area contributed by atoms with Crippen molar-refractivity contribution in [3.63, 3.8) is 0 Å². The molecule has 0 saturated carbocycles. The Kier molecular flexibility index (Phi) is 5.98. The van der Waals surface area contributed by atoms with Crippen molar-refractivity contribution in [2.45, 2.75) is 44.0 Å². The first-order valence-electron chi connectivity index (χ1n) is 9.35. The van der Waals surface area contributed by atoms with E-state index in [9.17, 15) is 13.2 Å². The summed E-state index contributed by atoms with van der Waals surface area (Å²) >= 11 is 3.37. The van der Waals surface area contributed by atoms with Gasteiger partial charge in [0, 0.05) is 17.5 Å². The molecule has 2 atom stereocenters. The highest BCUT2D eigenvalue weighted by atomic mass is 79.9. The van der Waals surface area contributed by atoms with Crippen molar-refractivity contribution >= 4 is 37.5 Å². The summed E-state index contributed by atoms with van der Waals surface area (Å²) in [5, 5.41) is 0.819. The van der Waals surface area contributed by atoms with Gasteiger partial charge >= 0.3 is 15.9 Å². The molecule has 0 N–H and O–H groups in total. The average molecular weight is 467 g/mol. The van der Waals surface area contributed by atoms with E-state index >= 15 is 0 Å². The normalized spacial score (nSPS) is 23.5. The molecular weight excluding hydrogens is 442 g/mol. The van der Waals surface area contributed by atoms with Gasteiger partial charge < -0.3 is 4.74 Å². The van der Waals surface area contributed by atoms with Crippen LogP contribution in [0.4, 0.5) is 5.69 Å². The third-order valence-electron chi connectivity index (χ3n) is 5.22. The molecule has 0 bridgehead atoms. The molecular formula is C21H25BrNO4S+. The Morgan fingerprint density at radius 3 is 2.54 bits per heavy atom. The third-order valence-corrected chi connectivity index (χ3v) is 8.27. The van der Waals surface area contributed by atoms with Gasteiger partial charge in [0.15, 0.2) is 5.69 Å². The zero-order chi connectivity index (χ0) is 20.5. The zero-order valence-electron chi connectivity index (χ0n) is 16.3. The van der Waals surface area contributed by atoms with Gasteiger partial charge in [0.2, 0.25) is 0 Å². The molecule has 0 fully saturated rings. The lowest BCUT2D eigenvalue weighted by molar-refractivity contribution is -0.128. The molecule has 0 saturated heterocycles. The summed E-state index contributed by atoms with van der Waals surface area (Å²) in [5.74, 6) is -0.308. The van der Waals surface area contributed by atoms with Gasteiger partial charge in [-0.05, 0) is 44.9 Å². The molecule has 1 aliphatic rings. The number of carbonyl (C=O) groups is 1. The van der Waals surface area contributed by atoms with Crippen LogP contribution in [-0.2, 0) is 14.8 Å². The van der Waals surface area contributed by atoms with E-state index in [4.69, 9.17) is 4.74 Å². The van der Waals surface area contributed by atoms with E-state index in [2.05, 4.69) is 15.9 Å². The maximum atomic E-state index is 13.8. The largest absolute Gasteiger partial charge is 0.493 e. The maximum absolute atomic E-state index is 13.8. The van der Waals surface area contributed by atoms with Crippen molar-refractivity contribution in [1.29, 1.82) is 0 Å². The van der Waals surface area contributed by atoms with Crippen LogP contribution in [-0.4, -0.2) is 32.3 Å². The van der Waals surface area contributed by atoms with E-state index in [-0.39, 0.29) is 10.8 Å². The van der Waals surface area contributed by atoms with Crippen molar-refractivity contribution in [3.05, 3.63) is 54.1 Å². The average Bonchev–Trinajstić information content (AvgIpc) is 2.67. The van der Waals surface area contributed by atoms with Gasteiger partial charge in [-0.25, -0.2) is 4.79 Å². The number of quaternary nitrogens is 1. The number of sulfonamides is 1. The van der Waals surface area contributed by atoms with Gasteiger partial charge in [-0.2, -0.15) is 8.42 Å². The number of nitrogens with zero attached hydrogens (tertiary/aromatic N) is 1. The molecule has 0 aliphatic carbocycles. The molecule has 0 spiro atoms. The second-order valence-electron chi connectivity index (χ2n) is 7.21. The smallest absolute Gasteiger partial charge is 0.341 e. The molecule has 2 aromatic carbocycles. The molecule has 2 aromatic rings. The SMILES string of the molecule is CC1C(=O)[N+](c2cccc(OCCCBr)c2)(C(C)C)S(=O)(=O)c2ccccc21. The minimum Gasteiger partial charge on any atom is -0.493 e. The van der Waals surface area contributed by atoms with Crippen molar-refractivity contribution in [2.75, 3.05) is 11.9 Å². The predicted molar refractivity (Wildman–Crippen MR) is 114 cm³/mol. The first kappa shape index (κ1) is 21.0. The Morgan fingerprint density at radius 2 is 1.86 bits per heavy atom. The molecule has 150 valence electrons. The molecule has 28 heavy (non-hydrogen) atoms. The topological polar surface area (TPSA) is 60.4 Å². The highest BCUT2D eigenvalue weighted by molar-refractivity contribution is 9.09. The minimum atomic E-state index is -4.00. The monoisotopic (exact) mass is 466 g/mol. The van der Waals surface area contributed by atoms with Crippen molar-refractivity contribution in [3.8, 4) is 5.75 Å². The number of hydrogen-bond donors (Lipinski definition) is 0. The van der Waals surface area contributed by atoms with Crippen LogP contribution in [0, 0.1) is 0 Å². The van der Waals surface area contributed by atoms with E-state index in [1.54, 1.807) is 69.3 Å². The highest BCUT2D eigenvalue weighted by Gasteiger charge is 2.60. The number of benzene rings is 2.